The Balaban J connectivity index is 3.50. The largest absolute Gasteiger partial charge is 0.481 e. The van der Waals surface area contributed by atoms with Gasteiger partial charge in [-0.2, -0.15) is 0 Å². The molecule has 4 heteroatoms. The maximum absolute atomic E-state index is 10.6. The first-order chi connectivity index (χ1) is 11.2. The molecule has 0 radical (unpaired) electrons. The molecule has 0 bridgehead atoms. The molecule has 23 heavy (non-hydrogen) atoms. The number of carboxylic acid groups (broad SMARTS) is 1. The zero-order chi connectivity index (χ0) is 17.2. The summed E-state index contributed by atoms with van der Waals surface area (Å²) < 4.78 is 5.19. The van der Waals surface area contributed by atoms with Crippen LogP contribution in [0.25, 0.3) is 0 Å². The summed E-state index contributed by atoms with van der Waals surface area (Å²) >= 11 is 0. The first kappa shape index (κ1) is 21.9. The molecule has 0 rings (SSSR count). The SMILES string of the molecule is CCCCCCCCCC(CCCCCCCC(=O)O)OC=O. The van der Waals surface area contributed by atoms with Crippen molar-refractivity contribution in [3.63, 3.8) is 0 Å². The van der Waals surface area contributed by atoms with Crippen molar-refractivity contribution in [1.29, 1.82) is 0 Å². The lowest BCUT2D eigenvalue weighted by molar-refractivity contribution is -0.137. The lowest BCUT2D eigenvalue weighted by Gasteiger charge is -2.15. The van der Waals surface area contributed by atoms with Crippen molar-refractivity contribution in [1.82, 2.24) is 0 Å². The van der Waals surface area contributed by atoms with Gasteiger partial charge < -0.3 is 9.84 Å². The van der Waals surface area contributed by atoms with Gasteiger partial charge in [0.05, 0.1) is 0 Å². The number of rotatable bonds is 18. The fourth-order valence-electron chi connectivity index (χ4n) is 2.87. The van der Waals surface area contributed by atoms with E-state index in [1.165, 1.54) is 38.5 Å². The number of carbonyl (C=O) groups excluding carboxylic acids is 1. The molecule has 1 atom stereocenters. The molecule has 0 aliphatic rings. The van der Waals surface area contributed by atoms with Crippen LogP contribution in [0.5, 0.6) is 0 Å². The summed E-state index contributed by atoms with van der Waals surface area (Å²) in [5, 5.41) is 8.56. The Morgan fingerprint density at radius 1 is 0.870 bits per heavy atom. The van der Waals surface area contributed by atoms with Gasteiger partial charge in [0.1, 0.15) is 6.10 Å². The summed E-state index contributed by atoms with van der Waals surface area (Å²) in [7, 11) is 0. The summed E-state index contributed by atoms with van der Waals surface area (Å²) in [6.45, 7) is 2.81. The Morgan fingerprint density at radius 3 is 1.83 bits per heavy atom. The quantitative estimate of drug-likeness (QED) is 0.267. The average Bonchev–Trinajstić information content (AvgIpc) is 2.52. The monoisotopic (exact) mass is 328 g/mol. The van der Waals surface area contributed by atoms with Gasteiger partial charge in [-0.05, 0) is 32.1 Å². The van der Waals surface area contributed by atoms with E-state index in [-0.39, 0.29) is 12.5 Å². The number of unbranched alkanes of at least 4 members (excludes halogenated alkanes) is 10. The number of aliphatic carboxylic acids is 1. The minimum absolute atomic E-state index is 0.0714. The highest BCUT2D eigenvalue weighted by Crippen LogP contribution is 2.16. The minimum atomic E-state index is -0.709. The van der Waals surface area contributed by atoms with E-state index in [4.69, 9.17) is 9.84 Å². The maximum atomic E-state index is 10.6. The molecular weight excluding hydrogens is 292 g/mol. The molecule has 4 nitrogen and oxygen atoms in total. The Labute approximate surface area is 142 Å². The number of hydrogen-bond acceptors (Lipinski definition) is 3. The second-order valence-corrected chi connectivity index (χ2v) is 6.46. The van der Waals surface area contributed by atoms with Crippen molar-refractivity contribution >= 4 is 12.4 Å². The van der Waals surface area contributed by atoms with Gasteiger partial charge in [0.15, 0.2) is 0 Å². The standard InChI is InChI=1S/C19H36O4/c1-2-3-4-5-6-8-11-14-18(23-17-20)15-12-9-7-10-13-16-19(21)22/h17-18H,2-16H2,1H3,(H,21,22). The third-order valence-electron chi connectivity index (χ3n) is 4.29. The molecule has 1 unspecified atom stereocenters. The van der Waals surface area contributed by atoms with E-state index >= 15 is 0 Å². The molecule has 0 amide bonds. The highest BCUT2D eigenvalue weighted by molar-refractivity contribution is 5.66. The molecule has 0 aromatic heterocycles. The van der Waals surface area contributed by atoms with Crippen molar-refractivity contribution in [2.45, 2.75) is 109 Å². The fraction of sp³-hybridized carbons (Fsp3) is 0.895. The molecule has 0 aromatic carbocycles. The number of hydrogen-bond donors (Lipinski definition) is 1. The van der Waals surface area contributed by atoms with E-state index < -0.39 is 5.97 Å². The molecule has 0 spiro atoms. The average molecular weight is 328 g/mol. The molecule has 0 aliphatic heterocycles. The number of ether oxygens (including phenoxy) is 1. The predicted molar refractivity (Wildman–Crippen MR) is 93.5 cm³/mol. The van der Waals surface area contributed by atoms with Crippen molar-refractivity contribution in [3.05, 3.63) is 0 Å². The molecule has 136 valence electrons. The highest BCUT2D eigenvalue weighted by atomic mass is 16.5. The Kier molecular flexibility index (Phi) is 16.5. The second-order valence-electron chi connectivity index (χ2n) is 6.46. The van der Waals surface area contributed by atoms with Crippen LogP contribution in [0.15, 0.2) is 0 Å². The van der Waals surface area contributed by atoms with Crippen molar-refractivity contribution in [3.8, 4) is 0 Å². The van der Waals surface area contributed by atoms with Crippen LogP contribution in [0.1, 0.15) is 103 Å². The van der Waals surface area contributed by atoms with Crippen LogP contribution in [-0.4, -0.2) is 23.7 Å². The van der Waals surface area contributed by atoms with Crippen molar-refractivity contribution in [2.24, 2.45) is 0 Å². The van der Waals surface area contributed by atoms with Gasteiger partial charge in [-0.15, -0.1) is 0 Å². The van der Waals surface area contributed by atoms with E-state index in [1.54, 1.807) is 0 Å². The van der Waals surface area contributed by atoms with Gasteiger partial charge in [0.2, 0.25) is 0 Å². The third kappa shape index (κ3) is 17.1. The predicted octanol–water partition coefficient (Wildman–Crippen LogP) is 5.48. The molecule has 0 saturated carbocycles. The van der Waals surface area contributed by atoms with Crippen LogP contribution in [0, 0.1) is 0 Å². The summed E-state index contributed by atoms with van der Waals surface area (Å²) in [5.74, 6) is -0.709. The topological polar surface area (TPSA) is 63.6 Å². The molecule has 0 aliphatic carbocycles. The van der Waals surface area contributed by atoms with E-state index in [9.17, 15) is 9.59 Å². The normalized spacial score (nSPS) is 12.0. The molecule has 0 aromatic rings. The summed E-state index contributed by atoms with van der Waals surface area (Å²) in [6.07, 6.45) is 16.2. The first-order valence-corrected chi connectivity index (χ1v) is 9.51. The van der Waals surface area contributed by atoms with Gasteiger partial charge >= 0.3 is 5.97 Å². The summed E-state index contributed by atoms with van der Waals surface area (Å²) in [4.78, 5) is 21.0. The van der Waals surface area contributed by atoms with Crippen molar-refractivity contribution in [2.75, 3.05) is 0 Å². The van der Waals surface area contributed by atoms with Crippen LogP contribution in [-0.2, 0) is 14.3 Å². The maximum Gasteiger partial charge on any atom is 0.303 e. The zero-order valence-corrected chi connectivity index (χ0v) is 14.9. The third-order valence-corrected chi connectivity index (χ3v) is 4.29. The Bertz CT molecular complexity index is 279. The van der Waals surface area contributed by atoms with Crippen LogP contribution in [0.2, 0.25) is 0 Å². The zero-order valence-electron chi connectivity index (χ0n) is 14.9. The molecule has 0 fully saturated rings. The van der Waals surface area contributed by atoms with Crippen LogP contribution < -0.4 is 0 Å². The summed E-state index contributed by atoms with van der Waals surface area (Å²) in [6, 6.07) is 0. The van der Waals surface area contributed by atoms with E-state index in [1.807, 2.05) is 0 Å². The minimum Gasteiger partial charge on any atom is -0.481 e. The Hall–Kier alpha value is -1.06. The second kappa shape index (κ2) is 17.3. The van der Waals surface area contributed by atoms with Gasteiger partial charge in [0, 0.05) is 6.42 Å². The number of carbonyl (C=O) groups is 2. The van der Waals surface area contributed by atoms with Gasteiger partial charge in [0.25, 0.3) is 6.47 Å². The smallest absolute Gasteiger partial charge is 0.303 e. The lowest BCUT2D eigenvalue weighted by Crippen LogP contribution is -2.12. The van der Waals surface area contributed by atoms with E-state index in [0.29, 0.717) is 6.47 Å². The fourth-order valence-corrected chi connectivity index (χ4v) is 2.87. The Morgan fingerprint density at radius 2 is 1.35 bits per heavy atom. The highest BCUT2D eigenvalue weighted by Gasteiger charge is 2.08. The van der Waals surface area contributed by atoms with Crippen LogP contribution in [0.3, 0.4) is 0 Å². The van der Waals surface area contributed by atoms with Gasteiger partial charge in [-0.3, -0.25) is 9.59 Å². The summed E-state index contributed by atoms with van der Waals surface area (Å²) in [5.41, 5.74) is 0. The molecule has 0 saturated heterocycles. The van der Waals surface area contributed by atoms with E-state index in [0.717, 1.165) is 51.4 Å². The van der Waals surface area contributed by atoms with Crippen LogP contribution >= 0.6 is 0 Å². The van der Waals surface area contributed by atoms with Gasteiger partial charge in [-0.25, -0.2) is 0 Å². The molecule has 0 heterocycles. The van der Waals surface area contributed by atoms with Gasteiger partial charge in [-0.1, -0.05) is 64.7 Å². The number of carboxylic acids is 1. The van der Waals surface area contributed by atoms with E-state index in [2.05, 4.69) is 6.92 Å². The van der Waals surface area contributed by atoms with Crippen LogP contribution in [0.4, 0.5) is 0 Å². The first-order valence-electron chi connectivity index (χ1n) is 9.51. The molecular formula is C19H36O4. The molecule has 1 N–H and O–H groups in total. The van der Waals surface area contributed by atoms with Crippen molar-refractivity contribution < 1.29 is 19.4 Å². The lowest BCUT2D eigenvalue weighted by atomic mass is 10.0.